The number of phenols is 4. The quantitative estimate of drug-likeness (QED) is 0.0798. The fourth-order valence-electron chi connectivity index (χ4n) is 4.10. The first-order valence-electron chi connectivity index (χ1n) is 13.0. The first-order valence-corrected chi connectivity index (χ1v) is 17.3. The van der Waals surface area contributed by atoms with Gasteiger partial charge in [0.05, 0.1) is 13.1 Å². The minimum atomic E-state index is -5.46. The van der Waals surface area contributed by atoms with Crippen LogP contribution < -0.4 is 0 Å². The number of hydrogen-bond acceptors (Lipinski definition) is 14. The maximum Gasteiger partial charge on any atom is 0.317 e. The van der Waals surface area contributed by atoms with Gasteiger partial charge in [0.2, 0.25) is 0 Å². The normalized spacial score (nSPS) is 12.0. The number of para-hydroxylation sites is 2. The fraction of sp³-hybridized carbons (Fsp3) is 0.231. The molecule has 0 heterocycles. The highest BCUT2D eigenvalue weighted by Gasteiger charge is 2.34. The topological polar surface area (TPSA) is 325 Å². The van der Waals surface area contributed by atoms with Crippen molar-refractivity contribution >= 4 is 42.3 Å². The van der Waals surface area contributed by atoms with E-state index >= 15 is 0 Å². The van der Waals surface area contributed by atoms with E-state index in [-0.39, 0.29) is 56.8 Å². The van der Waals surface area contributed by atoms with Gasteiger partial charge < -0.3 is 30.6 Å². The first-order chi connectivity index (χ1) is 22.0. The second-order valence-electron chi connectivity index (χ2n) is 9.79. The Labute approximate surface area is 273 Å². The summed E-state index contributed by atoms with van der Waals surface area (Å²) in [5, 5.41) is 56.7. The molecule has 0 amide bonds. The van der Waals surface area contributed by atoms with Crippen molar-refractivity contribution in [3.8, 4) is 23.0 Å². The molecule has 0 aliphatic heterocycles. The SMILES string of the molecule is O=C(O)CN(CCN(CC(=O)O)Cc1ccccc1O)Cc1ccccc1O.O=S(=O)(O)c1cc(S(=O)(=O)O)c(S(=O)(=O)O)c(O)c1O. The number of benzene rings is 3. The lowest BCUT2D eigenvalue weighted by atomic mass is 10.1. The van der Waals surface area contributed by atoms with Gasteiger partial charge in [0.25, 0.3) is 30.4 Å². The largest absolute Gasteiger partial charge is 0.508 e. The molecular formula is C26H30N2O17S3. The highest BCUT2D eigenvalue weighted by atomic mass is 32.2. The van der Waals surface area contributed by atoms with Crippen molar-refractivity contribution in [3.05, 3.63) is 65.7 Å². The molecule has 0 radical (unpaired) electrons. The second-order valence-corrected chi connectivity index (χ2v) is 13.9. The van der Waals surface area contributed by atoms with Crippen molar-refractivity contribution in [1.29, 1.82) is 0 Å². The lowest BCUT2D eigenvalue weighted by Gasteiger charge is -2.26. The maximum atomic E-state index is 11.2. The van der Waals surface area contributed by atoms with Gasteiger partial charge in [-0.05, 0) is 18.2 Å². The van der Waals surface area contributed by atoms with Crippen molar-refractivity contribution in [2.45, 2.75) is 27.8 Å². The smallest absolute Gasteiger partial charge is 0.317 e. The van der Waals surface area contributed by atoms with Crippen LogP contribution in [0.15, 0.2) is 69.3 Å². The van der Waals surface area contributed by atoms with Gasteiger partial charge in [-0.2, -0.15) is 25.3 Å². The molecule has 0 bridgehead atoms. The molecule has 0 spiro atoms. The van der Waals surface area contributed by atoms with Crippen LogP contribution in [0.25, 0.3) is 0 Å². The molecule has 0 aliphatic rings. The molecule has 0 saturated carbocycles. The summed E-state index contributed by atoms with van der Waals surface area (Å²) in [6.45, 7) is 0.508. The van der Waals surface area contributed by atoms with Crippen molar-refractivity contribution in [1.82, 2.24) is 9.80 Å². The van der Waals surface area contributed by atoms with Crippen LogP contribution >= 0.6 is 0 Å². The van der Waals surface area contributed by atoms with Crippen molar-refractivity contribution in [2.24, 2.45) is 0 Å². The second kappa shape index (κ2) is 16.0. The summed E-state index contributed by atoms with van der Waals surface area (Å²) in [5.41, 5.74) is 1.18. The van der Waals surface area contributed by atoms with E-state index < -0.39 is 68.5 Å². The molecule has 3 rings (SSSR count). The molecule has 22 heteroatoms. The number of aliphatic carboxylic acids is 2. The van der Waals surface area contributed by atoms with E-state index in [2.05, 4.69) is 0 Å². The van der Waals surface area contributed by atoms with Crippen molar-refractivity contribution in [3.63, 3.8) is 0 Å². The third-order valence-corrected chi connectivity index (χ3v) is 9.00. The number of carboxylic acids is 2. The van der Waals surface area contributed by atoms with Crippen LogP contribution in [-0.2, 0) is 53.0 Å². The summed E-state index contributed by atoms with van der Waals surface area (Å²) in [6.07, 6.45) is 0. The number of hydrogen-bond donors (Lipinski definition) is 9. The Morgan fingerprint density at radius 1 is 0.562 bits per heavy atom. The Morgan fingerprint density at radius 2 is 0.938 bits per heavy atom. The minimum Gasteiger partial charge on any atom is -0.508 e. The predicted molar refractivity (Wildman–Crippen MR) is 161 cm³/mol. The Morgan fingerprint density at radius 3 is 1.25 bits per heavy atom. The monoisotopic (exact) mass is 738 g/mol. The molecular weight excluding hydrogens is 708 g/mol. The van der Waals surface area contributed by atoms with Crippen LogP contribution in [0, 0.1) is 0 Å². The van der Waals surface area contributed by atoms with E-state index in [9.17, 15) is 55.3 Å². The summed E-state index contributed by atoms with van der Waals surface area (Å²) >= 11 is 0. The van der Waals surface area contributed by atoms with Crippen LogP contribution in [0.4, 0.5) is 0 Å². The zero-order valence-electron chi connectivity index (χ0n) is 24.3. The summed E-state index contributed by atoms with van der Waals surface area (Å²) in [5.74, 6) is -5.48. The molecule has 0 aromatic heterocycles. The van der Waals surface area contributed by atoms with Crippen LogP contribution in [0.2, 0.25) is 0 Å². The number of carbonyl (C=O) groups is 2. The lowest BCUT2D eigenvalue weighted by molar-refractivity contribution is -0.140. The Bertz CT molecular complexity index is 1910. The van der Waals surface area contributed by atoms with Gasteiger partial charge in [-0.1, -0.05) is 36.4 Å². The van der Waals surface area contributed by atoms with Gasteiger partial charge in [-0.3, -0.25) is 33.0 Å². The Hall–Kier alpha value is -4.55. The van der Waals surface area contributed by atoms with Gasteiger partial charge in [0.15, 0.2) is 16.4 Å². The summed E-state index contributed by atoms with van der Waals surface area (Å²) in [7, 11) is -16.1. The lowest BCUT2D eigenvalue weighted by Crippen LogP contribution is -2.39. The number of phenolic OH excluding ortho intramolecular Hbond substituents is 4. The molecule has 48 heavy (non-hydrogen) atoms. The number of carboxylic acid groups (broad SMARTS) is 2. The van der Waals surface area contributed by atoms with Gasteiger partial charge in [0, 0.05) is 37.3 Å². The fourth-order valence-corrected chi connectivity index (χ4v) is 6.66. The molecule has 0 aliphatic carbocycles. The third kappa shape index (κ3) is 11.6. The number of rotatable bonds is 14. The molecule has 0 saturated heterocycles. The minimum absolute atomic E-state index is 0.0782. The molecule has 9 N–H and O–H groups in total. The highest BCUT2D eigenvalue weighted by Crippen LogP contribution is 2.41. The van der Waals surface area contributed by atoms with Crippen molar-refractivity contribution in [2.75, 3.05) is 26.2 Å². The van der Waals surface area contributed by atoms with E-state index in [0.29, 0.717) is 11.1 Å². The molecule has 264 valence electrons. The molecule has 0 fully saturated rings. The van der Waals surface area contributed by atoms with Gasteiger partial charge in [-0.25, -0.2) is 0 Å². The molecule has 19 nitrogen and oxygen atoms in total. The highest BCUT2D eigenvalue weighted by molar-refractivity contribution is 7.89. The van der Waals surface area contributed by atoms with E-state index in [1.54, 1.807) is 46.2 Å². The van der Waals surface area contributed by atoms with E-state index in [1.807, 2.05) is 0 Å². The average molecular weight is 739 g/mol. The third-order valence-electron chi connectivity index (χ3n) is 6.19. The van der Waals surface area contributed by atoms with Gasteiger partial charge in [-0.15, -0.1) is 0 Å². The van der Waals surface area contributed by atoms with Gasteiger partial charge in [0.1, 0.15) is 21.3 Å². The zero-order valence-corrected chi connectivity index (χ0v) is 26.8. The molecule has 3 aromatic carbocycles. The van der Waals surface area contributed by atoms with E-state index in [0.717, 1.165) is 0 Å². The Balaban J connectivity index is 0.000000353. The van der Waals surface area contributed by atoms with Crippen LogP contribution in [0.1, 0.15) is 11.1 Å². The van der Waals surface area contributed by atoms with Crippen molar-refractivity contribution < 1.29 is 79.1 Å². The maximum absolute atomic E-state index is 11.2. The molecule has 3 aromatic rings. The molecule has 0 atom stereocenters. The van der Waals surface area contributed by atoms with E-state index in [1.165, 1.54) is 12.1 Å². The summed E-state index contributed by atoms with van der Waals surface area (Å²) in [6, 6.07) is 13.2. The van der Waals surface area contributed by atoms with Crippen LogP contribution in [-0.4, -0.2) is 117 Å². The first kappa shape index (κ1) is 39.6. The summed E-state index contributed by atoms with van der Waals surface area (Å²) < 4.78 is 91.7. The average Bonchev–Trinajstić information content (AvgIpc) is 2.93. The molecule has 0 unspecified atom stereocenters. The zero-order chi connectivity index (χ0) is 36.6. The standard InChI is InChI=1S/C20H24N2O6.C6H6O11S3/c23-17-7-3-1-5-15(17)11-21(13-19(25)26)9-10-22(14-20(27)28)12-16-6-2-4-8-18(16)24;7-4-2(18(9,10)11)1-3(19(12,13)14)6(5(4)8)20(15,16)17/h1-8,23-24H,9-14H2,(H,25,26)(H,27,28);1,7-8H,(H,9,10,11)(H,12,13,14)(H,15,16,17). The number of aromatic hydroxyl groups is 4. The number of nitrogens with zero attached hydrogens (tertiary/aromatic N) is 2. The van der Waals surface area contributed by atoms with E-state index in [4.69, 9.17) is 23.9 Å². The Kier molecular flexibility index (Phi) is 13.2. The predicted octanol–water partition coefficient (Wildman–Crippen LogP) is 0.409. The van der Waals surface area contributed by atoms with Gasteiger partial charge >= 0.3 is 11.9 Å². The summed E-state index contributed by atoms with van der Waals surface area (Å²) in [4.78, 5) is 20.5. The van der Waals surface area contributed by atoms with Crippen LogP contribution in [0.3, 0.4) is 0 Å². The van der Waals surface area contributed by atoms with Crippen LogP contribution in [0.5, 0.6) is 23.0 Å².